The topological polar surface area (TPSA) is 87.2 Å². The van der Waals surface area contributed by atoms with Crippen LogP contribution in [0.4, 0.5) is 5.13 Å². The van der Waals surface area contributed by atoms with Crippen LogP contribution >= 0.6 is 23.6 Å². The van der Waals surface area contributed by atoms with Crippen LogP contribution in [0.25, 0.3) is 0 Å². The van der Waals surface area contributed by atoms with Gasteiger partial charge in [-0.25, -0.2) is 0 Å². The molecule has 0 unspecified atom stereocenters. The number of carbonyl (C=O) groups excluding carboxylic acids is 2. The zero-order chi connectivity index (χ0) is 19.5. The van der Waals surface area contributed by atoms with Crippen molar-refractivity contribution in [2.75, 3.05) is 11.9 Å². The molecule has 0 atom stereocenters. The summed E-state index contributed by atoms with van der Waals surface area (Å²) in [6.45, 7) is 0.283. The number of amides is 2. The minimum atomic E-state index is -0.249. The number of nitrogens with zero attached hydrogens (tertiary/aromatic N) is 3. The first kappa shape index (κ1) is 18.9. The minimum Gasteiger partial charge on any atom is -0.360 e. The molecule has 28 heavy (non-hydrogen) atoms. The van der Waals surface area contributed by atoms with Crippen LogP contribution in [0.3, 0.4) is 0 Å². The molecule has 1 aromatic heterocycles. The van der Waals surface area contributed by atoms with Crippen molar-refractivity contribution in [3.05, 3.63) is 40.4 Å². The number of hydrogen-bond donors (Lipinski definition) is 2. The molecular weight excluding hydrogens is 394 g/mol. The first-order valence-electron chi connectivity index (χ1n) is 9.47. The van der Waals surface area contributed by atoms with Crippen LogP contribution in [0.15, 0.2) is 24.3 Å². The van der Waals surface area contributed by atoms with E-state index in [0.29, 0.717) is 33.8 Å². The first-order chi connectivity index (χ1) is 13.6. The summed E-state index contributed by atoms with van der Waals surface area (Å²) in [6, 6.07) is 7.32. The van der Waals surface area contributed by atoms with Gasteiger partial charge in [0, 0.05) is 19.0 Å². The quantitative estimate of drug-likeness (QED) is 0.573. The van der Waals surface area contributed by atoms with Crippen LogP contribution < -0.4 is 10.6 Å². The van der Waals surface area contributed by atoms with Crippen molar-refractivity contribution >= 4 is 45.6 Å². The molecule has 1 aromatic carbocycles. The fraction of sp³-hybridized carbons (Fsp3) is 0.421. The van der Waals surface area contributed by atoms with Gasteiger partial charge in [0.2, 0.25) is 5.13 Å². The summed E-state index contributed by atoms with van der Waals surface area (Å²) in [4.78, 5) is 26.1. The van der Waals surface area contributed by atoms with Crippen molar-refractivity contribution in [1.82, 2.24) is 20.4 Å². The molecule has 0 spiro atoms. The third kappa shape index (κ3) is 4.05. The van der Waals surface area contributed by atoms with Gasteiger partial charge >= 0.3 is 0 Å². The molecule has 4 rings (SSSR count). The number of nitrogens with one attached hydrogen (secondary N) is 2. The summed E-state index contributed by atoms with van der Waals surface area (Å²) in [5.41, 5.74) is 0.928. The van der Waals surface area contributed by atoms with E-state index >= 15 is 0 Å². The van der Waals surface area contributed by atoms with Crippen LogP contribution in [0.1, 0.15) is 57.8 Å². The number of aromatic nitrogens is 2. The number of benzene rings is 1. The normalized spacial score (nSPS) is 16.9. The van der Waals surface area contributed by atoms with E-state index < -0.39 is 0 Å². The van der Waals surface area contributed by atoms with Gasteiger partial charge in [0.25, 0.3) is 11.8 Å². The summed E-state index contributed by atoms with van der Waals surface area (Å²) < 4.78 is 0. The highest BCUT2D eigenvalue weighted by Crippen LogP contribution is 2.24. The Morgan fingerprint density at radius 2 is 1.79 bits per heavy atom. The Hall–Kier alpha value is -2.39. The number of rotatable bonds is 5. The van der Waals surface area contributed by atoms with E-state index in [1.54, 1.807) is 24.3 Å². The van der Waals surface area contributed by atoms with E-state index in [2.05, 4.69) is 20.8 Å². The molecule has 1 aliphatic carbocycles. The number of anilines is 1. The maximum atomic E-state index is 12.4. The van der Waals surface area contributed by atoms with Gasteiger partial charge in [-0.2, -0.15) is 0 Å². The number of hydrogen-bond acceptors (Lipinski definition) is 6. The molecule has 2 aromatic rings. The summed E-state index contributed by atoms with van der Waals surface area (Å²) in [6.07, 6.45) is 6.52. The predicted octanol–water partition coefficient (Wildman–Crippen LogP) is 3.00. The highest BCUT2D eigenvalue weighted by Gasteiger charge is 2.34. The Kier molecular flexibility index (Phi) is 5.63. The van der Waals surface area contributed by atoms with E-state index in [1.165, 1.54) is 35.5 Å². The third-order valence-electron chi connectivity index (χ3n) is 5.06. The lowest BCUT2D eigenvalue weighted by Crippen LogP contribution is -2.38. The lowest BCUT2D eigenvalue weighted by molar-refractivity contribution is 0.0656. The van der Waals surface area contributed by atoms with Crippen molar-refractivity contribution in [1.29, 1.82) is 0 Å². The van der Waals surface area contributed by atoms with E-state index in [0.717, 1.165) is 17.8 Å². The van der Waals surface area contributed by atoms with Crippen molar-refractivity contribution in [3.63, 3.8) is 0 Å². The minimum absolute atomic E-state index is 0.249. The lowest BCUT2D eigenvalue weighted by Gasteiger charge is -2.23. The molecule has 9 heteroatoms. The van der Waals surface area contributed by atoms with Crippen molar-refractivity contribution < 1.29 is 9.59 Å². The van der Waals surface area contributed by atoms with Crippen molar-refractivity contribution in [2.45, 2.75) is 44.6 Å². The average Bonchev–Trinajstić information content (AvgIpc) is 3.24. The standard InChI is InChI=1S/C19H21N5O2S2/c25-16-13-8-4-5-9-14(13)17(26)24(16)11-10-15-22-23-19(28-15)21-18(27)20-12-6-2-1-3-7-12/h4-5,8-9,12H,1-3,6-7,10-11H2,(H2,20,21,23,27). The summed E-state index contributed by atoms with van der Waals surface area (Å²) in [5.74, 6) is -0.498. The number of fused-ring (bicyclic) bond motifs is 1. The highest BCUT2D eigenvalue weighted by molar-refractivity contribution is 7.80. The lowest BCUT2D eigenvalue weighted by atomic mass is 9.96. The Morgan fingerprint density at radius 1 is 1.11 bits per heavy atom. The molecule has 1 aliphatic heterocycles. The molecule has 2 aliphatic rings. The summed E-state index contributed by atoms with van der Waals surface area (Å²) in [7, 11) is 0. The largest absolute Gasteiger partial charge is 0.360 e. The van der Waals surface area contributed by atoms with Crippen molar-refractivity contribution in [3.8, 4) is 0 Å². The SMILES string of the molecule is O=C1c2ccccc2C(=O)N1CCc1nnc(NC(=S)NC2CCCCC2)s1. The Balaban J connectivity index is 1.30. The van der Waals surface area contributed by atoms with Crippen LogP contribution in [-0.2, 0) is 6.42 Å². The summed E-state index contributed by atoms with van der Waals surface area (Å²) in [5, 5.41) is 16.6. The van der Waals surface area contributed by atoms with Gasteiger partial charge in [-0.3, -0.25) is 14.5 Å². The molecule has 2 heterocycles. The molecule has 0 saturated heterocycles. The van der Waals surface area contributed by atoms with E-state index in [4.69, 9.17) is 12.2 Å². The number of carbonyl (C=O) groups is 2. The molecule has 0 radical (unpaired) electrons. The molecule has 1 saturated carbocycles. The monoisotopic (exact) mass is 415 g/mol. The van der Waals surface area contributed by atoms with Gasteiger partial charge in [0.15, 0.2) is 5.11 Å². The van der Waals surface area contributed by atoms with Gasteiger partial charge in [-0.05, 0) is 37.2 Å². The van der Waals surface area contributed by atoms with Gasteiger partial charge in [-0.1, -0.05) is 42.7 Å². The molecule has 2 amide bonds. The zero-order valence-corrected chi connectivity index (χ0v) is 16.9. The maximum absolute atomic E-state index is 12.4. The third-order valence-corrected chi connectivity index (χ3v) is 6.17. The molecular formula is C19H21N5O2S2. The van der Waals surface area contributed by atoms with Gasteiger partial charge in [0.05, 0.1) is 11.1 Å². The van der Waals surface area contributed by atoms with Crippen molar-refractivity contribution in [2.24, 2.45) is 0 Å². The molecule has 146 valence electrons. The van der Waals surface area contributed by atoms with Crippen LogP contribution in [0.5, 0.6) is 0 Å². The molecule has 1 fully saturated rings. The highest BCUT2D eigenvalue weighted by atomic mass is 32.1. The fourth-order valence-electron chi connectivity index (χ4n) is 3.62. The van der Waals surface area contributed by atoms with E-state index in [1.807, 2.05) is 0 Å². The average molecular weight is 416 g/mol. The van der Waals surface area contributed by atoms with E-state index in [9.17, 15) is 9.59 Å². The zero-order valence-electron chi connectivity index (χ0n) is 15.3. The molecule has 0 bridgehead atoms. The van der Waals surface area contributed by atoms with Gasteiger partial charge in [-0.15, -0.1) is 10.2 Å². The Bertz CT molecular complexity index is 872. The fourth-order valence-corrected chi connectivity index (χ4v) is 4.68. The number of thiocarbonyl (C=S) groups is 1. The summed E-state index contributed by atoms with van der Waals surface area (Å²) >= 11 is 6.75. The molecule has 7 nitrogen and oxygen atoms in total. The first-order valence-corrected chi connectivity index (χ1v) is 10.7. The van der Waals surface area contributed by atoms with Crippen LogP contribution in [0, 0.1) is 0 Å². The second-order valence-corrected chi connectivity index (χ2v) is 8.46. The second-order valence-electron chi connectivity index (χ2n) is 6.99. The maximum Gasteiger partial charge on any atom is 0.261 e. The van der Waals surface area contributed by atoms with Gasteiger partial charge in [0.1, 0.15) is 5.01 Å². The Labute approximate surface area is 172 Å². The second kappa shape index (κ2) is 8.32. The van der Waals surface area contributed by atoms with Crippen LogP contribution in [-0.4, -0.2) is 44.6 Å². The van der Waals surface area contributed by atoms with Crippen LogP contribution in [0.2, 0.25) is 0 Å². The molecule has 2 N–H and O–H groups in total. The van der Waals surface area contributed by atoms with Gasteiger partial charge < -0.3 is 10.6 Å². The van der Waals surface area contributed by atoms with E-state index in [-0.39, 0.29) is 18.4 Å². The Morgan fingerprint density at radius 3 is 2.46 bits per heavy atom. The smallest absolute Gasteiger partial charge is 0.261 e. The number of imide groups is 1. The predicted molar refractivity (Wildman–Crippen MR) is 112 cm³/mol.